The largest absolute Gasteiger partial charge is 0.481 e. The van der Waals surface area contributed by atoms with E-state index < -0.39 is 36.0 Å². The monoisotopic (exact) mass is 469 g/mol. The van der Waals surface area contributed by atoms with Crippen LogP contribution in [0.25, 0.3) is 0 Å². The molecular weight excluding hydrogens is 438 g/mol. The molecule has 0 atom stereocenters. The molecule has 0 fully saturated rings. The maximum atomic E-state index is 12.4. The predicted octanol–water partition coefficient (Wildman–Crippen LogP) is 0.730. The van der Waals surface area contributed by atoms with Crippen LogP contribution in [0.4, 0.5) is 0 Å². The van der Waals surface area contributed by atoms with Gasteiger partial charge in [0, 0.05) is 12.8 Å². The number of hydrogen-bond donors (Lipinski definition) is 4. The Labute approximate surface area is 191 Å². The lowest BCUT2D eigenvalue weighted by Crippen LogP contribution is -2.58. The average molecular weight is 469 g/mol. The minimum Gasteiger partial charge on any atom is -0.481 e. The van der Waals surface area contributed by atoms with E-state index in [9.17, 15) is 24.3 Å². The van der Waals surface area contributed by atoms with E-state index in [-0.39, 0.29) is 65.1 Å². The lowest BCUT2D eigenvalue weighted by atomic mass is 10.0. The first kappa shape index (κ1) is 28.0. The molecule has 0 saturated heterocycles. The van der Waals surface area contributed by atoms with Crippen molar-refractivity contribution in [2.75, 3.05) is 33.0 Å². The Kier molecular flexibility index (Phi) is 13.4. The van der Waals surface area contributed by atoms with Gasteiger partial charge in [0.25, 0.3) is 0 Å². The van der Waals surface area contributed by atoms with Crippen LogP contribution in [0, 0.1) is 0 Å². The summed E-state index contributed by atoms with van der Waals surface area (Å²) < 4.78 is 15.7. The number of aliphatic carboxylic acids is 2. The maximum absolute atomic E-state index is 12.4. The third-order valence-corrected chi connectivity index (χ3v) is 4.41. The third-order valence-electron chi connectivity index (χ3n) is 4.41. The molecule has 0 aliphatic heterocycles. The zero-order valence-corrected chi connectivity index (χ0v) is 18.4. The molecule has 0 aromatic heterocycles. The zero-order chi connectivity index (χ0) is 24.5. The summed E-state index contributed by atoms with van der Waals surface area (Å²) in [6, 6.07) is 9.17. The molecule has 11 nitrogen and oxygen atoms in total. The average Bonchev–Trinajstić information content (AvgIpc) is 2.78. The number of esters is 1. The fourth-order valence-electron chi connectivity index (χ4n) is 2.66. The number of hydrogen-bond acceptors (Lipinski definition) is 8. The van der Waals surface area contributed by atoms with Crippen molar-refractivity contribution in [1.29, 1.82) is 0 Å². The minimum atomic E-state index is -1.39. The van der Waals surface area contributed by atoms with Crippen molar-refractivity contribution >= 4 is 23.8 Å². The topological polar surface area (TPSA) is 169 Å². The number of rotatable bonds is 18. The van der Waals surface area contributed by atoms with Gasteiger partial charge in [0.1, 0.15) is 12.1 Å². The van der Waals surface area contributed by atoms with Crippen molar-refractivity contribution < 1.29 is 48.7 Å². The quantitative estimate of drug-likeness (QED) is 0.178. The molecule has 0 aliphatic carbocycles. The standard InChI is InChI=1S/C22H31NO10/c24-14-22(15-31-11-9-19(26)27,16-32-12-10-20(28)29)23-18(25)7-4-8-21(30)33-13-17-5-2-1-3-6-17/h1-3,5-6,24H,4,7-16H2,(H,23,25)(H,26,27)(H,28,29). The molecular formula is C22H31NO10. The van der Waals surface area contributed by atoms with E-state index in [1.54, 1.807) is 0 Å². The number of aliphatic hydroxyl groups is 1. The first-order chi connectivity index (χ1) is 15.8. The molecule has 0 saturated carbocycles. The van der Waals surface area contributed by atoms with Gasteiger partial charge in [-0.1, -0.05) is 30.3 Å². The first-order valence-corrected chi connectivity index (χ1v) is 10.5. The number of aliphatic hydroxyl groups excluding tert-OH is 1. The second-order valence-corrected chi connectivity index (χ2v) is 7.38. The summed E-state index contributed by atoms with van der Waals surface area (Å²) in [4.78, 5) is 45.5. The summed E-state index contributed by atoms with van der Waals surface area (Å²) >= 11 is 0. The highest BCUT2D eigenvalue weighted by molar-refractivity contribution is 5.78. The Morgan fingerprint density at radius 3 is 1.94 bits per heavy atom. The summed E-state index contributed by atoms with van der Waals surface area (Å²) in [5.41, 5.74) is -0.538. The number of nitrogens with one attached hydrogen (secondary N) is 1. The van der Waals surface area contributed by atoms with Gasteiger partial charge in [-0.25, -0.2) is 0 Å². The molecule has 0 bridgehead atoms. The van der Waals surface area contributed by atoms with Crippen LogP contribution in [0.1, 0.15) is 37.7 Å². The van der Waals surface area contributed by atoms with Gasteiger partial charge in [0.2, 0.25) is 5.91 Å². The lowest BCUT2D eigenvalue weighted by Gasteiger charge is -2.32. The molecule has 1 rings (SSSR count). The molecule has 33 heavy (non-hydrogen) atoms. The number of amides is 1. The van der Waals surface area contributed by atoms with E-state index in [2.05, 4.69) is 5.32 Å². The van der Waals surface area contributed by atoms with E-state index in [1.165, 1.54) is 0 Å². The van der Waals surface area contributed by atoms with Crippen LogP contribution in [-0.2, 0) is 40.0 Å². The number of carbonyl (C=O) groups excluding carboxylic acids is 2. The molecule has 0 heterocycles. The van der Waals surface area contributed by atoms with Gasteiger partial charge in [-0.2, -0.15) is 0 Å². The van der Waals surface area contributed by atoms with Crippen LogP contribution >= 0.6 is 0 Å². The highest BCUT2D eigenvalue weighted by Crippen LogP contribution is 2.10. The predicted molar refractivity (Wildman–Crippen MR) is 114 cm³/mol. The van der Waals surface area contributed by atoms with Crippen molar-refractivity contribution in [1.82, 2.24) is 5.32 Å². The summed E-state index contributed by atoms with van der Waals surface area (Å²) in [6.45, 7) is -1.22. The summed E-state index contributed by atoms with van der Waals surface area (Å²) in [5.74, 6) is -3.06. The molecule has 184 valence electrons. The molecule has 1 aromatic rings. The first-order valence-electron chi connectivity index (χ1n) is 10.5. The SMILES string of the molecule is O=C(O)CCOCC(CO)(COCCC(=O)O)NC(=O)CCCC(=O)OCc1ccccc1. The van der Waals surface area contributed by atoms with Gasteiger partial charge in [0.05, 0.1) is 45.9 Å². The second-order valence-electron chi connectivity index (χ2n) is 7.38. The van der Waals surface area contributed by atoms with E-state index >= 15 is 0 Å². The number of carbonyl (C=O) groups is 4. The van der Waals surface area contributed by atoms with Crippen molar-refractivity contribution in [3.63, 3.8) is 0 Å². The van der Waals surface area contributed by atoms with Crippen LogP contribution in [0.15, 0.2) is 30.3 Å². The Hall–Kier alpha value is -3.02. The molecule has 1 aromatic carbocycles. The number of benzene rings is 1. The molecule has 1 amide bonds. The van der Waals surface area contributed by atoms with Crippen molar-refractivity contribution in [2.24, 2.45) is 0 Å². The van der Waals surface area contributed by atoms with Gasteiger partial charge in [-0.15, -0.1) is 0 Å². The Balaban J connectivity index is 2.49. The lowest BCUT2D eigenvalue weighted by molar-refractivity contribution is -0.145. The van der Waals surface area contributed by atoms with Crippen LogP contribution in [-0.4, -0.2) is 77.7 Å². The van der Waals surface area contributed by atoms with Gasteiger partial charge in [-0.3, -0.25) is 19.2 Å². The fourth-order valence-corrected chi connectivity index (χ4v) is 2.66. The van der Waals surface area contributed by atoms with Crippen LogP contribution < -0.4 is 5.32 Å². The van der Waals surface area contributed by atoms with E-state index in [0.717, 1.165) is 5.56 Å². The van der Waals surface area contributed by atoms with Crippen molar-refractivity contribution in [2.45, 2.75) is 44.2 Å². The molecule has 11 heteroatoms. The van der Waals surface area contributed by atoms with Gasteiger partial charge < -0.3 is 34.8 Å². The molecule has 0 unspecified atom stereocenters. The van der Waals surface area contributed by atoms with Crippen LogP contribution in [0.3, 0.4) is 0 Å². The van der Waals surface area contributed by atoms with Crippen molar-refractivity contribution in [3.8, 4) is 0 Å². The summed E-state index contributed by atoms with van der Waals surface area (Å²) in [5, 5.41) is 29.9. The highest BCUT2D eigenvalue weighted by Gasteiger charge is 2.32. The Morgan fingerprint density at radius 1 is 0.848 bits per heavy atom. The summed E-state index contributed by atoms with van der Waals surface area (Å²) in [7, 11) is 0. The van der Waals surface area contributed by atoms with Crippen LogP contribution in [0.5, 0.6) is 0 Å². The Bertz CT molecular complexity index is 731. The van der Waals surface area contributed by atoms with Gasteiger partial charge >= 0.3 is 17.9 Å². The number of carboxylic acids is 2. The fraction of sp³-hybridized carbons (Fsp3) is 0.545. The minimum absolute atomic E-state index is 0.0244. The smallest absolute Gasteiger partial charge is 0.306 e. The van der Waals surface area contributed by atoms with E-state index in [4.69, 9.17) is 24.4 Å². The molecule has 0 aliphatic rings. The summed E-state index contributed by atoms with van der Waals surface area (Å²) in [6.07, 6.45) is -0.329. The number of carboxylic acid groups (broad SMARTS) is 2. The third kappa shape index (κ3) is 13.2. The van der Waals surface area contributed by atoms with E-state index in [0.29, 0.717) is 0 Å². The Morgan fingerprint density at radius 2 is 1.42 bits per heavy atom. The second kappa shape index (κ2) is 15.7. The van der Waals surface area contributed by atoms with Gasteiger partial charge in [-0.05, 0) is 12.0 Å². The van der Waals surface area contributed by atoms with Crippen molar-refractivity contribution in [3.05, 3.63) is 35.9 Å². The maximum Gasteiger partial charge on any atom is 0.306 e. The molecule has 0 spiro atoms. The number of ether oxygens (including phenoxy) is 3. The molecule has 4 N–H and O–H groups in total. The normalized spacial score (nSPS) is 11.1. The highest BCUT2D eigenvalue weighted by atomic mass is 16.5. The van der Waals surface area contributed by atoms with E-state index in [1.807, 2.05) is 30.3 Å². The van der Waals surface area contributed by atoms with Crippen LogP contribution in [0.2, 0.25) is 0 Å². The molecule has 0 radical (unpaired) electrons. The van der Waals surface area contributed by atoms with Gasteiger partial charge in [0.15, 0.2) is 0 Å². The zero-order valence-electron chi connectivity index (χ0n) is 18.4.